The van der Waals surface area contributed by atoms with Gasteiger partial charge in [0.1, 0.15) is 0 Å². The van der Waals surface area contributed by atoms with Gasteiger partial charge in [-0.15, -0.1) is 0 Å². The summed E-state index contributed by atoms with van der Waals surface area (Å²) in [4.78, 5) is 13.9. The first-order chi connectivity index (χ1) is 6.66. The smallest absolute Gasteiger partial charge is 0.306 e. The summed E-state index contributed by atoms with van der Waals surface area (Å²) >= 11 is 5.05. The number of carbonyl (C=O) groups excluding carboxylic acids is 1. The van der Waals surface area contributed by atoms with Crippen LogP contribution in [0.1, 0.15) is 12.1 Å². The molecule has 0 aliphatic carbocycles. The highest BCUT2D eigenvalue weighted by molar-refractivity contribution is 7.71. The SMILES string of the molecule is Cn1c(CC2COC(=O)C2)c[nH]c1=S. The fraction of sp³-hybridized carbons (Fsp3) is 0.556. The van der Waals surface area contributed by atoms with Crippen LogP contribution in [0.3, 0.4) is 0 Å². The molecule has 1 aromatic rings. The largest absolute Gasteiger partial charge is 0.465 e. The summed E-state index contributed by atoms with van der Waals surface area (Å²) in [5.41, 5.74) is 1.12. The minimum atomic E-state index is -0.0909. The van der Waals surface area contributed by atoms with E-state index in [1.165, 1.54) is 0 Å². The lowest BCUT2D eigenvalue weighted by molar-refractivity contribution is -0.137. The number of hydrogen-bond acceptors (Lipinski definition) is 3. The number of hydrogen-bond donors (Lipinski definition) is 1. The first kappa shape index (κ1) is 9.45. The second-order valence-electron chi connectivity index (χ2n) is 3.60. The molecule has 2 rings (SSSR count). The van der Waals surface area contributed by atoms with Crippen molar-refractivity contribution in [2.75, 3.05) is 6.61 Å². The lowest BCUT2D eigenvalue weighted by Gasteiger charge is -2.05. The first-order valence-corrected chi connectivity index (χ1v) is 4.96. The van der Waals surface area contributed by atoms with Gasteiger partial charge in [-0.05, 0) is 18.6 Å². The number of aromatic amines is 1. The van der Waals surface area contributed by atoms with Crippen molar-refractivity contribution < 1.29 is 9.53 Å². The number of nitrogens with zero attached hydrogens (tertiary/aromatic N) is 1. The van der Waals surface area contributed by atoms with Crippen molar-refractivity contribution in [3.63, 3.8) is 0 Å². The number of esters is 1. The summed E-state index contributed by atoms with van der Waals surface area (Å²) in [5.74, 6) is 0.214. The highest BCUT2D eigenvalue weighted by atomic mass is 32.1. The van der Waals surface area contributed by atoms with Gasteiger partial charge < -0.3 is 14.3 Å². The summed E-state index contributed by atoms with van der Waals surface area (Å²) in [6, 6.07) is 0. The van der Waals surface area contributed by atoms with Gasteiger partial charge in [0, 0.05) is 24.9 Å². The van der Waals surface area contributed by atoms with Gasteiger partial charge in [0.25, 0.3) is 0 Å². The number of imidazole rings is 1. The highest BCUT2D eigenvalue weighted by Gasteiger charge is 2.24. The number of ether oxygens (including phenoxy) is 1. The van der Waals surface area contributed by atoms with Gasteiger partial charge in [0.05, 0.1) is 13.0 Å². The Morgan fingerprint density at radius 1 is 1.79 bits per heavy atom. The number of rotatable bonds is 2. The molecule has 0 amide bonds. The molecule has 0 bridgehead atoms. The van der Waals surface area contributed by atoms with Crippen LogP contribution in [0.5, 0.6) is 0 Å². The van der Waals surface area contributed by atoms with Gasteiger partial charge in [-0.3, -0.25) is 4.79 Å². The summed E-state index contributed by atoms with van der Waals surface area (Å²) in [5, 5.41) is 0. The zero-order chi connectivity index (χ0) is 10.1. The second kappa shape index (κ2) is 3.57. The van der Waals surface area contributed by atoms with Gasteiger partial charge >= 0.3 is 5.97 Å². The zero-order valence-electron chi connectivity index (χ0n) is 7.95. The van der Waals surface area contributed by atoms with E-state index >= 15 is 0 Å². The number of carbonyl (C=O) groups is 1. The molecule has 14 heavy (non-hydrogen) atoms. The van der Waals surface area contributed by atoms with Gasteiger partial charge in [-0.1, -0.05) is 0 Å². The molecule has 0 saturated carbocycles. The molecule has 2 heterocycles. The number of aromatic nitrogens is 2. The maximum atomic E-state index is 10.9. The van der Waals surface area contributed by atoms with Crippen molar-refractivity contribution >= 4 is 18.2 Å². The van der Waals surface area contributed by atoms with Gasteiger partial charge in [0.2, 0.25) is 0 Å². The highest BCUT2D eigenvalue weighted by Crippen LogP contribution is 2.18. The topological polar surface area (TPSA) is 47.0 Å². The van der Waals surface area contributed by atoms with E-state index in [2.05, 4.69) is 4.98 Å². The van der Waals surface area contributed by atoms with E-state index < -0.39 is 0 Å². The lowest BCUT2D eigenvalue weighted by atomic mass is 10.0. The summed E-state index contributed by atoms with van der Waals surface area (Å²) < 4.78 is 7.54. The molecule has 4 nitrogen and oxygen atoms in total. The molecule has 0 spiro atoms. The van der Waals surface area contributed by atoms with Crippen molar-refractivity contribution in [1.29, 1.82) is 0 Å². The molecule has 1 aliphatic rings. The molecule has 0 radical (unpaired) electrons. The van der Waals surface area contributed by atoms with Crippen LogP contribution in [0.4, 0.5) is 0 Å². The normalized spacial score (nSPS) is 21.2. The summed E-state index contributed by atoms with van der Waals surface area (Å²) in [6.07, 6.45) is 3.26. The fourth-order valence-electron chi connectivity index (χ4n) is 1.66. The Morgan fingerprint density at radius 2 is 2.57 bits per heavy atom. The number of cyclic esters (lactones) is 1. The average molecular weight is 212 g/mol. The minimum Gasteiger partial charge on any atom is -0.465 e. The molecule has 5 heteroatoms. The van der Waals surface area contributed by atoms with E-state index in [0.717, 1.165) is 12.1 Å². The lowest BCUT2D eigenvalue weighted by Crippen LogP contribution is -2.07. The molecule has 1 unspecified atom stereocenters. The van der Waals surface area contributed by atoms with Crippen molar-refractivity contribution in [1.82, 2.24) is 9.55 Å². The van der Waals surface area contributed by atoms with Crippen LogP contribution in [-0.2, 0) is 23.0 Å². The second-order valence-corrected chi connectivity index (χ2v) is 3.99. The molecule has 1 N–H and O–H groups in total. The quantitative estimate of drug-likeness (QED) is 0.591. The van der Waals surface area contributed by atoms with Crippen LogP contribution >= 0.6 is 12.2 Å². The van der Waals surface area contributed by atoms with E-state index in [0.29, 0.717) is 23.7 Å². The van der Waals surface area contributed by atoms with Gasteiger partial charge in [-0.2, -0.15) is 0 Å². The Kier molecular flexibility index (Phi) is 2.41. The van der Waals surface area contributed by atoms with Crippen LogP contribution in [0.25, 0.3) is 0 Å². The van der Waals surface area contributed by atoms with Crippen LogP contribution in [-0.4, -0.2) is 22.1 Å². The Balaban J connectivity index is 2.08. The Morgan fingerprint density at radius 3 is 3.07 bits per heavy atom. The van der Waals surface area contributed by atoms with E-state index in [1.807, 2.05) is 17.8 Å². The molecule has 1 saturated heterocycles. The van der Waals surface area contributed by atoms with E-state index in [4.69, 9.17) is 17.0 Å². The number of nitrogens with one attached hydrogen (secondary N) is 1. The molecule has 0 aromatic carbocycles. The van der Waals surface area contributed by atoms with Gasteiger partial charge in [0.15, 0.2) is 4.77 Å². The molecule has 1 atom stereocenters. The molecule has 1 aromatic heterocycles. The predicted molar refractivity (Wildman–Crippen MR) is 53.4 cm³/mol. The van der Waals surface area contributed by atoms with Crippen molar-refractivity contribution in [3.05, 3.63) is 16.7 Å². The van der Waals surface area contributed by atoms with Gasteiger partial charge in [-0.25, -0.2) is 0 Å². The van der Waals surface area contributed by atoms with Crippen molar-refractivity contribution in [3.8, 4) is 0 Å². The standard InChI is InChI=1S/C9H12N2O2S/c1-11-7(4-10-9(11)14)2-6-3-8(12)13-5-6/h4,6H,2-3,5H2,1H3,(H,10,14). The monoisotopic (exact) mass is 212 g/mol. The third kappa shape index (κ3) is 1.72. The third-order valence-corrected chi connectivity index (χ3v) is 2.92. The Labute approximate surface area is 86.9 Å². The van der Waals surface area contributed by atoms with E-state index in [1.54, 1.807) is 0 Å². The summed E-state index contributed by atoms with van der Waals surface area (Å²) in [6.45, 7) is 0.538. The van der Waals surface area contributed by atoms with Crippen LogP contribution in [0.2, 0.25) is 0 Å². The maximum Gasteiger partial charge on any atom is 0.306 e. The third-order valence-electron chi connectivity index (χ3n) is 2.53. The molecule has 76 valence electrons. The fourth-order valence-corrected chi connectivity index (χ4v) is 1.83. The minimum absolute atomic E-state index is 0.0909. The van der Waals surface area contributed by atoms with Crippen LogP contribution in [0, 0.1) is 10.7 Å². The zero-order valence-corrected chi connectivity index (χ0v) is 8.76. The average Bonchev–Trinajstić information content (AvgIpc) is 2.67. The molecular weight excluding hydrogens is 200 g/mol. The Bertz CT molecular complexity index is 407. The molecular formula is C9H12N2O2S. The van der Waals surface area contributed by atoms with Crippen LogP contribution < -0.4 is 0 Å². The predicted octanol–water partition coefficient (Wildman–Crippen LogP) is 1.19. The summed E-state index contributed by atoms with van der Waals surface area (Å²) in [7, 11) is 1.92. The number of H-pyrrole nitrogens is 1. The van der Waals surface area contributed by atoms with E-state index in [9.17, 15) is 4.79 Å². The molecule has 1 aliphatic heterocycles. The van der Waals surface area contributed by atoms with Crippen molar-refractivity contribution in [2.24, 2.45) is 13.0 Å². The van der Waals surface area contributed by atoms with E-state index in [-0.39, 0.29) is 5.97 Å². The van der Waals surface area contributed by atoms with Crippen LogP contribution in [0.15, 0.2) is 6.20 Å². The Hall–Kier alpha value is -1.10. The maximum absolute atomic E-state index is 10.9. The molecule has 1 fully saturated rings. The van der Waals surface area contributed by atoms with Crippen molar-refractivity contribution in [2.45, 2.75) is 12.8 Å². The first-order valence-electron chi connectivity index (χ1n) is 4.55.